The highest BCUT2D eigenvalue weighted by molar-refractivity contribution is 6.52. The molecular weight excluding hydrogens is 481 g/mol. The van der Waals surface area contributed by atoms with E-state index in [0.29, 0.717) is 11.4 Å². The summed E-state index contributed by atoms with van der Waals surface area (Å²) in [4.78, 5) is 27.9. The summed E-state index contributed by atoms with van der Waals surface area (Å²) in [7, 11) is 2.74. The molecule has 0 aliphatic carbocycles. The summed E-state index contributed by atoms with van der Waals surface area (Å²) in [5.41, 5.74) is 2.15. The standard InChI is InChI=1S/C25H21Cl2NO6/c1-12-7-8-16(13(2)10-12)28-20(17-6-5-9-34-17)18(22(30)25(28)31)21(29)14-11-15(26)24(33-4)19(27)23(14)32-3/h5-11,20,29H,1-4H3/b21-18-. The lowest BCUT2D eigenvalue weighted by atomic mass is 9.98. The van der Waals surface area contributed by atoms with Crippen LogP contribution in [0.15, 0.2) is 52.7 Å². The second-order valence-electron chi connectivity index (χ2n) is 7.76. The minimum absolute atomic E-state index is 0.0113. The maximum atomic E-state index is 13.3. The number of ketones is 1. The number of anilines is 1. The molecule has 0 bridgehead atoms. The fourth-order valence-corrected chi connectivity index (χ4v) is 4.85. The molecule has 1 saturated heterocycles. The van der Waals surface area contributed by atoms with Gasteiger partial charge in [0, 0.05) is 5.69 Å². The van der Waals surface area contributed by atoms with Crippen molar-refractivity contribution in [2.75, 3.05) is 19.1 Å². The number of benzene rings is 2. The number of methoxy groups -OCH3 is 2. The molecule has 34 heavy (non-hydrogen) atoms. The van der Waals surface area contributed by atoms with Crippen LogP contribution in [-0.2, 0) is 9.59 Å². The van der Waals surface area contributed by atoms with Gasteiger partial charge in [-0.25, -0.2) is 0 Å². The second-order valence-corrected chi connectivity index (χ2v) is 8.55. The first kappa shape index (κ1) is 23.7. The molecule has 2 heterocycles. The maximum Gasteiger partial charge on any atom is 0.300 e. The van der Waals surface area contributed by atoms with Gasteiger partial charge < -0.3 is 19.0 Å². The number of carbonyl (C=O) groups excluding carboxylic acids is 2. The Kier molecular flexibility index (Phi) is 6.34. The van der Waals surface area contributed by atoms with Gasteiger partial charge in [0.25, 0.3) is 11.7 Å². The first-order chi connectivity index (χ1) is 16.2. The molecule has 9 heteroatoms. The van der Waals surface area contributed by atoms with Gasteiger partial charge in [0.15, 0.2) is 11.5 Å². The van der Waals surface area contributed by atoms with Gasteiger partial charge in [-0.05, 0) is 43.7 Å². The van der Waals surface area contributed by atoms with Gasteiger partial charge in [-0.15, -0.1) is 0 Å². The molecule has 1 unspecified atom stereocenters. The van der Waals surface area contributed by atoms with Crippen molar-refractivity contribution in [1.82, 2.24) is 0 Å². The zero-order chi connectivity index (χ0) is 24.7. The van der Waals surface area contributed by atoms with E-state index in [9.17, 15) is 14.7 Å². The van der Waals surface area contributed by atoms with E-state index in [1.165, 1.54) is 31.4 Å². The number of hydrogen-bond acceptors (Lipinski definition) is 6. The minimum Gasteiger partial charge on any atom is -0.507 e. The Labute approximate surface area is 206 Å². The van der Waals surface area contributed by atoms with Crippen LogP contribution in [-0.4, -0.2) is 31.0 Å². The van der Waals surface area contributed by atoms with Crippen molar-refractivity contribution in [1.29, 1.82) is 0 Å². The van der Waals surface area contributed by atoms with E-state index in [1.807, 2.05) is 26.0 Å². The topological polar surface area (TPSA) is 89.2 Å². The Morgan fingerprint density at radius 1 is 1.06 bits per heavy atom. The number of aryl methyl sites for hydroxylation is 2. The average Bonchev–Trinajstić information content (AvgIpc) is 3.41. The Morgan fingerprint density at radius 3 is 2.35 bits per heavy atom. The van der Waals surface area contributed by atoms with Crippen molar-refractivity contribution < 1.29 is 28.6 Å². The largest absolute Gasteiger partial charge is 0.507 e. The molecule has 3 aromatic rings. The Balaban J connectivity index is 2.00. The van der Waals surface area contributed by atoms with Gasteiger partial charge in [-0.3, -0.25) is 14.5 Å². The van der Waals surface area contributed by atoms with Crippen LogP contribution in [0.2, 0.25) is 10.0 Å². The van der Waals surface area contributed by atoms with Crippen LogP contribution in [0.4, 0.5) is 5.69 Å². The van der Waals surface area contributed by atoms with E-state index < -0.39 is 23.5 Å². The number of ether oxygens (including phenoxy) is 2. The second kappa shape index (κ2) is 9.08. The van der Waals surface area contributed by atoms with Gasteiger partial charge in [0.2, 0.25) is 0 Å². The number of aliphatic hydroxyl groups excluding tert-OH is 1. The highest BCUT2D eigenvalue weighted by Crippen LogP contribution is 2.48. The van der Waals surface area contributed by atoms with Gasteiger partial charge in [0.1, 0.15) is 22.6 Å². The van der Waals surface area contributed by atoms with E-state index in [-0.39, 0.29) is 32.7 Å². The third-order valence-corrected chi connectivity index (χ3v) is 6.29. The summed E-state index contributed by atoms with van der Waals surface area (Å²) in [6.45, 7) is 3.77. The number of furan rings is 1. The van der Waals surface area contributed by atoms with E-state index in [2.05, 4.69) is 0 Å². The quantitative estimate of drug-likeness (QED) is 0.268. The molecule has 1 aliphatic heterocycles. The number of rotatable bonds is 5. The van der Waals surface area contributed by atoms with Crippen LogP contribution in [0.1, 0.15) is 28.5 Å². The first-order valence-corrected chi connectivity index (χ1v) is 11.0. The summed E-state index contributed by atoms with van der Waals surface area (Å²) in [5, 5.41) is 11.5. The van der Waals surface area contributed by atoms with E-state index in [0.717, 1.165) is 11.1 Å². The molecule has 0 spiro atoms. The van der Waals surface area contributed by atoms with Gasteiger partial charge in [-0.1, -0.05) is 40.9 Å². The molecule has 1 aliphatic rings. The van der Waals surface area contributed by atoms with Crippen LogP contribution >= 0.6 is 23.2 Å². The smallest absolute Gasteiger partial charge is 0.300 e. The van der Waals surface area contributed by atoms with Crippen molar-refractivity contribution >= 4 is 46.3 Å². The summed E-state index contributed by atoms with van der Waals surface area (Å²) >= 11 is 12.7. The molecule has 0 saturated carbocycles. The normalized spacial score (nSPS) is 17.4. The lowest BCUT2D eigenvalue weighted by Gasteiger charge is -2.25. The van der Waals surface area contributed by atoms with Gasteiger partial charge in [0.05, 0.1) is 36.6 Å². The van der Waals surface area contributed by atoms with Crippen molar-refractivity contribution in [3.8, 4) is 11.5 Å². The van der Waals surface area contributed by atoms with Crippen LogP contribution in [0, 0.1) is 13.8 Å². The maximum absolute atomic E-state index is 13.3. The molecule has 7 nitrogen and oxygen atoms in total. The van der Waals surface area contributed by atoms with E-state index >= 15 is 0 Å². The Morgan fingerprint density at radius 2 is 1.76 bits per heavy atom. The number of halogens is 2. The molecule has 4 rings (SSSR count). The monoisotopic (exact) mass is 501 g/mol. The third kappa shape index (κ3) is 3.71. The van der Waals surface area contributed by atoms with Crippen molar-refractivity contribution in [3.05, 3.63) is 80.7 Å². The fraction of sp³-hybridized carbons (Fsp3) is 0.200. The summed E-state index contributed by atoms with van der Waals surface area (Å²) < 4.78 is 16.2. The molecule has 2 aromatic carbocycles. The van der Waals surface area contributed by atoms with Gasteiger partial charge >= 0.3 is 0 Å². The third-order valence-electron chi connectivity index (χ3n) is 5.66. The number of aliphatic hydroxyl groups is 1. The summed E-state index contributed by atoms with van der Waals surface area (Å²) in [6, 6.07) is 9.11. The lowest BCUT2D eigenvalue weighted by Crippen LogP contribution is -2.30. The molecule has 1 N–H and O–H groups in total. The summed E-state index contributed by atoms with van der Waals surface area (Å²) in [6.07, 6.45) is 1.43. The molecule has 1 atom stereocenters. The Bertz CT molecular complexity index is 1330. The molecule has 1 amide bonds. The molecule has 1 fully saturated rings. The highest BCUT2D eigenvalue weighted by atomic mass is 35.5. The average molecular weight is 502 g/mol. The van der Waals surface area contributed by atoms with Crippen LogP contribution in [0.3, 0.4) is 0 Å². The number of nitrogens with zero attached hydrogens (tertiary/aromatic N) is 1. The van der Waals surface area contributed by atoms with Crippen molar-refractivity contribution in [3.63, 3.8) is 0 Å². The number of carbonyl (C=O) groups is 2. The molecular formula is C25H21Cl2NO6. The molecule has 176 valence electrons. The molecule has 0 radical (unpaired) electrons. The van der Waals surface area contributed by atoms with Gasteiger partial charge in [-0.2, -0.15) is 0 Å². The number of amides is 1. The van der Waals surface area contributed by atoms with E-state index in [4.69, 9.17) is 37.1 Å². The number of Topliss-reactive ketones (excluding diaryl/α,β-unsaturated/α-hetero) is 1. The fourth-order valence-electron chi connectivity index (χ4n) is 4.16. The Hall–Kier alpha value is -3.42. The lowest BCUT2D eigenvalue weighted by molar-refractivity contribution is -0.132. The molecule has 1 aromatic heterocycles. The number of hydrogen-bond donors (Lipinski definition) is 1. The predicted octanol–water partition coefficient (Wildman–Crippen LogP) is 5.85. The van der Waals surface area contributed by atoms with Crippen LogP contribution in [0.25, 0.3) is 5.76 Å². The van der Waals surface area contributed by atoms with Crippen molar-refractivity contribution in [2.45, 2.75) is 19.9 Å². The zero-order valence-electron chi connectivity index (χ0n) is 18.8. The zero-order valence-corrected chi connectivity index (χ0v) is 20.3. The van der Waals surface area contributed by atoms with Crippen LogP contribution < -0.4 is 14.4 Å². The van der Waals surface area contributed by atoms with Crippen molar-refractivity contribution in [2.24, 2.45) is 0 Å². The predicted molar refractivity (Wildman–Crippen MR) is 129 cm³/mol. The van der Waals surface area contributed by atoms with Crippen LogP contribution in [0.5, 0.6) is 11.5 Å². The first-order valence-electron chi connectivity index (χ1n) is 10.2. The SMILES string of the molecule is COc1c(Cl)cc(/C(O)=C2/C(=O)C(=O)N(c3ccc(C)cc3C)C2c2ccco2)c(OC)c1Cl. The minimum atomic E-state index is -1.03. The van der Waals surface area contributed by atoms with E-state index in [1.54, 1.807) is 18.2 Å². The highest BCUT2D eigenvalue weighted by Gasteiger charge is 2.49. The summed E-state index contributed by atoms with van der Waals surface area (Å²) in [5.74, 6) is -1.71.